The van der Waals surface area contributed by atoms with Gasteiger partial charge in [-0.1, -0.05) is 5.92 Å². The third kappa shape index (κ3) is 4.17. The molecule has 1 aromatic carbocycles. The zero-order chi connectivity index (χ0) is 15.1. The monoisotopic (exact) mass is 280 g/mol. The molecule has 6 nitrogen and oxygen atoms in total. The van der Waals surface area contributed by atoms with Gasteiger partial charge in [0.1, 0.15) is 18.1 Å². The molecule has 1 aromatic rings. The van der Waals surface area contributed by atoms with E-state index < -0.39 is 24.4 Å². The van der Waals surface area contributed by atoms with E-state index in [0.29, 0.717) is 5.75 Å². The Morgan fingerprint density at radius 3 is 2.80 bits per heavy atom. The van der Waals surface area contributed by atoms with Crippen LogP contribution in [0.1, 0.15) is 0 Å². The van der Waals surface area contributed by atoms with E-state index in [0.717, 1.165) is 11.0 Å². The van der Waals surface area contributed by atoms with Crippen LogP contribution in [0.4, 0.5) is 14.9 Å². The number of carbonyl (C=O) groups excluding carboxylic acids is 1. The van der Waals surface area contributed by atoms with Crippen LogP contribution < -0.4 is 10.1 Å². The van der Waals surface area contributed by atoms with E-state index in [9.17, 15) is 14.0 Å². The van der Waals surface area contributed by atoms with Crippen LogP contribution in [0.25, 0.3) is 0 Å². The third-order valence-electron chi connectivity index (χ3n) is 2.31. The Morgan fingerprint density at radius 1 is 1.55 bits per heavy atom. The molecule has 0 saturated carbocycles. The number of carboxylic acid groups (broad SMARTS) is 1. The Hall–Kier alpha value is -2.75. The van der Waals surface area contributed by atoms with Crippen molar-refractivity contribution in [3.63, 3.8) is 0 Å². The van der Waals surface area contributed by atoms with Gasteiger partial charge >= 0.3 is 12.0 Å². The minimum absolute atomic E-state index is 0.123. The second kappa shape index (κ2) is 6.99. The molecule has 0 heterocycles. The number of nitrogens with one attached hydrogen (secondary N) is 1. The molecule has 0 aliphatic carbocycles. The first kappa shape index (κ1) is 15.3. The number of anilines is 1. The lowest BCUT2D eigenvalue weighted by molar-refractivity contribution is -0.137. The fourth-order valence-corrected chi connectivity index (χ4v) is 1.39. The van der Waals surface area contributed by atoms with Crippen LogP contribution in [-0.4, -0.2) is 42.2 Å². The molecule has 2 N–H and O–H groups in total. The highest BCUT2D eigenvalue weighted by molar-refractivity contribution is 5.91. The maximum absolute atomic E-state index is 13.5. The normalized spacial score (nSPS) is 9.45. The molecule has 0 radical (unpaired) electrons. The van der Waals surface area contributed by atoms with Gasteiger partial charge < -0.3 is 20.1 Å². The lowest BCUT2D eigenvalue weighted by Crippen LogP contribution is -2.39. The zero-order valence-corrected chi connectivity index (χ0v) is 10.7. The Labute approximate surface area is 115 Å². The highest BCUT2D eigenvalue weighted by Gasteiger charge is 2.17. The smallest absolute Gasteiger partial charge is 0.323 e. The lowest BCUT2D eigenvalue weighted by atomic mass is 10.3. The van der Waals surface area contributed by atoms with Crippen molar-refractivity contribution in [2.45, 2.75) is 0 Å². The van der Waals surface area contributed by atoms with E-state index >= 15 is 0 Å². The number of terminal acetylenes is 1. The van der Waals surface area contributed by atoms with Crippen LogP contribution in [0, 0.1) is 18.2 Å². The average Bonchev–Trinajstić information content (AvgIpc) is 2.40. The second-order valence-electron chi connectivity index (χ2n) is 3.73. The van der Waals surface area contributed by atoms with Crippen LogP contribution in [0.3, 0.4) is 0 Å². The Bertz CT molecular complexity index is 554. The van der Waals surface area contributed by atoms with Crippen LogP contribution in [0.2, 0.25) is 0 Å². The van der Waals surface area contributed by atoms with Crippen molar-refractivity contribution in [3.8, 4) is 18.1 Å². The summed E-state index contributed by atoms with van der Waals surface area (Å²) < 4.78 is 18.4. The quantitative estimate of drug-likeness (QED) is 0.799. The summed E-state index contributed by atoms with van der Waals surface area (Å²) in [6, 6.07) is 2.98. The molecule has 0 spiro atoms. The molecule has 0 aliphatic heterocycles. The summed E-state index contributed by atoms with van der Waals surface area (Å²) in [6.45, 7) is -0.786. The van der Waals surface area contributed by atoms with Crippen molar-refractivity contribution in [1.29, 1.82) is 0 Å². The molecule has 0 aliphatic rings. The van der Waals surface area contributed by atoms with Crippen molar-refractivity contribution in [2.24, 2.45) is 0 Å². The first-order chi connectivity index (χ1) is 9.47. The number of amides is 2. The molecule has 2 amide bonds. The number of methoxy groups -OCH3 is 1. The van der Waals surface area contributed by atoms with Gasteiger partial charge in [0.2, 0.25) is 0 Å². The van der Waals surface area contributed by atoms with Crippen molar-refractivity contribution in [2.75, 3.05) is 25.5 Å². The van der Waals surface area contributed by atoms with E-state index in [1.165, 1.54) is 19.2 Å². The summed E-state index contributed by atoms with van der Waals surface area (Å²) in [7, 11) is 1.40. The Kier molecular flexibility index (Phi) is 5.35. The predicted molar refractivity (Wildman–Crippen MR) is 70.0 cm³/mol. The number of hydrogen-bond acceptors (Lipinski definition) is 3. The van der Waals surface area contributed by atoms with Gasteiger partial charge in [0.15, 0.2) is 0 Å². The molecule has 1 rings (SSSR count). The summed E-state index contributed by atoms with van der Waals surface area (Å²) in [5.41, 5.74) is -0.123. The number of ether oxygens (including phenoxy) is 1. The number of carbonyl (C=O) groups is 2. The van der Waals surface area contributed by atoms with Gasteiger partial charge in [0, 0.05) is 6.07 Å². The van der Waals surface area contributed by atoms with Crippen LogP contribution >= 0.6 is 0 Å². The summed E-state index contributed by atoms with van der Waals surface area (Å²) in [6.07, 6.45) is 5.05. The Balaban J connectivity index is 2.87. The van der Waals surface area contributed by atoms with Gasteiger partial charge in [-0.2, -0.15) is 0 Å². The summed E-state index contributed by atoms with van der Waals surface area (Å²) >= 11 is 0. The van der Waals surface area contributed by atoms with Crippen LogP contribution in [0.15, 0.2) is 18.2 Å². The second-order valence-corrected chi connectivity index (χ2v) is 3.73. The van der Waals surface area contributed by atoms with Gasteiger partial charge in [0.05, 0.1) is 19.3 Å². The molecule has 0 aromatic heterocycles. The molecule has 0 bridgehead atoms. The number of benzene rings is 1. The molecule has 0 atom stereocenters. The van der Waals surface area contributed by atoms with Gasteiger partial charge in [0.25, 0.3) is 0 Å². The molecule has 0 fully saturated rings. The van der Waals surface area contributed by atoms with E-state index in [2.05, 4.69) is 11.2 Å². The summed E-state index contributed by atoms with van der Waals surface area (Å²) in [5.74, 6) is 0.619. The number of hydrogen-bond donors (Lipinski definition) is 2. The third-order valence-corrected chi connectivity index (χ3v) is 2.31. The van der Waals surface area contributed by atoms with Gasteiger partial charge in [-0.25, -0.2) is 9.18 Å². The first-order valence-electron chi connectivity index (χ1n) is 5.52. The van der Waals surface area contributed by atoms with Crippen molar-refractivity contribution < 1.29 is 23.8 Å². The standard InChI is InChI=1S/C13H13FN2O4/c1-3-6-16(8-12(17)18)13(19)15-11-7-9(20-2)4-5-10(11)14/h1,4-5,7H,6,8H2,2H3,(H,15,19)(H,17,18). The molecule has 106 valence electrons. The van der Waals surface area contributed by atoms with Crippen molar-refractivity contribution in [3.05, 3.63) is 24.0 Å². The number of nitrogens with zero attached hydrogens (tertiary/aromatic N) is 1. The highest BCUT2D eigenvalue weighted by atomic mass is 19.1. The number of urea groups is 1. The van der Waals surface area contributed by atoms with Gasteiger partial charge in [-0.15, -0.1) is 6.42 Å². The van der Waals surface area contributed by atoms with E-state index in [-0.39, 0.29) is 12.2 Å². The number of carboxylic acids is 1. The number of halogens is 1. The topological polar surface area (TPSA) is 78.9 Å². The van der Waals surface area contributed by atoms with E-state index in [1.807, 2.05) is 0 Å². The van der Waals surface area contributed by atoms with Gasteiger partial charge in [-0.3, -0.25) is 4.79 Å². The van der Waals surface area contributed by atoms with Crippen LogP contribution in [0.5, 0.6) is 5.75 Å². The summed E-state index contributed by atoms with van der Waals surface area (Å²) in [5, 5.41) is 10.9. The minimum Gasteiger partial charge on any atom is -0.497 e. The lowest BCUT2D eigenvalue weighted by Gasteiger charge is -2.19. The zero-order valence-electron chi connectivity index (χ0n) is 10.7. The van der Waals surface area contributed by atoms with E-state index in [4.69, 9.17) is 16.3 Å². The van der Waals surface area contributed by atoms with E-state index in [1.54, 1.807) is 0 Å². The fraction of sp³-hybridized carbons (Fsp3) is 0.231. The molecular weight excluding hydrogens is 267 g/mol. The van der Waals surface area contributed by atoms with Crippen molar-refractivity contribution >= 4 is 17.7 Å². The SMILES string of the molecule is C#CCN(CC(=O)O)C(=O)Nc1cc(OC)ccc1F. The average molecular weight is 280 g/mol. The van der Waals surface area contributed by atoms with Gasteiger partial charge in [-0.05, 0) is 12.1 Å². The number of aliphatic carboxylic acids is 1. The predicted octanol–water partition coefficient (Wildman–Crippen LogP) is 1.39. The molecule has 0 unspecified atom stereocenters. The van der Waals surface area contributed by atoms with Crippen LogP contribution in [-0.2, 0) is 4.79 Å². The molecule has 0 saturated heterocycles. The maximum Gasteiger partial charge on any atom is 0.323 e. The number of rotatable bonds is 5. The van der Waals surface area contributed by atoms with Crippen molar-refractivity contribution in [1.82, 2.24) is 4.90 Å². The fourth-order valence-electron chi connectivity index (χ4n) is 1.39. The minimum atomic E-state index is -1.22. The first-order valence-corrected chi connectivity index (χ1v) is 5.52. The molecular formula is C13H13FN2O4. The summed E-state index contributed by atoms with van der Waals surface area (Å²) in [4.78, 5) is 23.3. The Morgan fingerprint density at radius 2 is 2.25 bits per heavy atom. The molecule has 7 heteroatoms. The largest absolute Gasteiger partial charge is 0.497 e. The maximum atomic E-state index is 13.5. The highest BCUT2D eigenvalue weighted by Crippen LogP contribution is 2.21. The molecule has 20 heavy (non-hydrogen) atoms.